The zero-order chi connectivity index (χ0) is 15.2. The maximum Gasteiger partial charge on any atom is 0.303 e. The largest absolute Gasteiger partial charge is 0.481 e. The number of carbonyl (C=O) groups is 1. The summed E-state index contributed by atoms with van der Waals surface area (Å²) in [7, 11) is 0. The number of likely N-dealkylation sites (tertiary alicyclic amines) is 1. The van der Waals surface area contributed by atoms with Crippen molar-refractivity contribution in [1.29, 1.82) is 0 Å². The zero-order valence-corrected chi connectivity index (χ0v) is 11.9. The summed E-state index contributed by atoms with van der Waals surface area (Å²) in [6.07, 6.45) is 2.89. The number of piperidine rings is 1. The molecule has 1 aliphatic heterocycles. The fourth-order valence-electron chi connectivity index (χ4n) is 2.82. The van der Waals surface area contributed by atoms with Gasteiger partial charge in [-0.25, -0.2) is 0 Å². The summed E-state index contributed by atoms with van der Waals surface area (Å²) >= 11 is 0. The van der Waals surface area contributed by atoms with E-state index in [0.717, 1.165) is 37.9 Å². The number of nitrogens with zero attached hydrogens (tertiary/aromatic N) is 2. The minimum Gasteiger partial charge on any atom is -0.481 e. The second kappa shape index (κ2) is 7.17. The van der Waals surface area contributed by atoms with Crippen molar-refractivity contribution in [2.45, 2.75) is 32.2 Å². The van der Waals surface area contributed by atoms with Crippen LogP contribution in [-0.2, 0) is 11.3 Å². The molecule has 0 aliphatic carbocycles. The molecule has 1 N–H and O–H groups in total. The van der Waals surface area contributed by atoms with E-state index in [0.29, 0.717) is 12.5 Å². The molecule has 1 fully saturated rings. The van der Waals surface area contributed by atoms with Gasteiger partial charge in [0.1, 0.15) is 0 Å². The first-order chi connectivity index (χ1) is 10.1. The molecule has 21 heavy (non-hydrogen) atoms. The summed E-state index contributed by atoms with van der Waals surface area (Å²) in [6.45, 7) is 2.33. The second-order valence-corrected chi connectivity index (χ2v) is 5.54. The number of para-hydroxylation sites is 1. The number of nitro benzene ring substituents is 1. The lowest BCUT2D eigenvalue weighted by atomic mass is 9.92. The number of benzene rings is 1. The molecule has 1 saturated heterocycles. The van der Waals surface area contributed by atoms with Gasteiger partial charge in [-0.05, 0) is 38.3 Å². The lowest BCUT2D eigenvalue weighted by Crippen LogP contribution is -2.33. The molecule has 1 heterocycles. The number of hydrogen-bond acceptors (Lipinski definition) is 4. The first-order valence-electron chi connectivity index (χ1n) is 7.22. The predicted molar refractivity (Wildman–Crippen MR) is 78.0 cm³/mol. The van der Waals surface area contributed by atoms with Gasteiger partial charge in [0.15, 0.2) is 0 Å². The predicted octanol–water partition coefficient (Wildman–Crippen LogP) is 2.67. The van der Waals surface area contributed by atoms with Crippen LogP contribution in [-0.4, -0.2) is 34.0 Å². The Bertz CT molecular complexity index is 510. The molecule has 0 atom stereocenters. The molecule has 6 heteroatoms. The van der Waals surface area contributed by atoms with Gasteiger partial charge >= 0.3 is 5.97 Å². The van der Waals surface area contributed by atoms with E-state index < -0.39 is 5.97 Å². The van der Waals surface area contributed by atoms with Crippen molar-refractivity contribution < 1.29 is 14.8 Å². The van der Waals surface area contributed by atoms with Crippen molar-refractivity contribution >= 4 is 11.7 Å². The van der Waals surface area contributed by atoms with Crippen LogP contribution in [0.1, 0.15) is 31.2 Å². The van der Waals surface area contributed by atoms with Crippen molar-refractivity contribution in [3.63, 3.8) is 0 Å². The summed E-state index contributed by atoms with van der Waals surface area (Å²) in [5.74, 6) is -0.277. The fourth-order valence-corrected chi connectivity index (χ4v) is 2.82. The second-order valence-electron chi connectivity index (χ2n) is 5.54. The summed E-state index contributed by atoms with van der Waals surface area (Å²) in [5.41, 5.74) is 0.914. The van der Waals surface area contributed by atoms with Gasteiger partial charge in [0.05, 0.1) is 4.92 Å². The topological polar surface area (TPSA) is 83.7 Å². The van der Waals surface area contributed by atoms with Gasteiger partial charge in [-0.1, -0.05) is 18.2 Å². The first-order valence-corrected chi connectivity index (χ1v) is 7.22. The molecule has 0 spiro atoms. The highest BCUT2D eigenvalue weighted by Gasteiger charge is 2.22. The molecule has 1 aromatic rings. The van der Waals surface area contributed by atoms with Crippen LogP contribution in [0, 0.1) is 16.0 Å². The third kappa shape index (κ3) is 4.53. The summed E-state index contributed by atoms with van der Waals surface area (Å²) < 4.78 is 0. The molecule has 1 aliphatic rings. The Morgan fingerprint density at radius 3 is 2.62 bits per heavy atom. The quantitative estimate of drug-likeness (QED) is 0.643. The number of nitro groups is 1. The lowest BCUT2D eigenvalue weighted by Gasteiger charge is -2.31. The summed E-state index contributed by atoms with van der Waals surface area (Å²) in [6, 6.07) is 6.84. The van der Waals surface area contributed by atoms with E-state index in [1.807, 2.05) is 6.07 Å². The Labute approximate surface area is 123 Å². The molecule has 1 aromatic carbocycles. The van der Waals surface area contributed by atoms with Crippen LogP contribution >= 0.6 is 0 Å². The van der Waals surface area contributed by atoms with Gasteiger partial charge < -0.3 is 5.11 Å². The average molecular weight is 292 g/mol. The number of hydrogen-bond donors (Lipinski definition) is 1. The Hall–Kier alpha value is -1.95. The van der Waals surface area contributed by atoms with E-state index in [1.54, 1.807) is 12.1 Å². The lowest BCUT2D eigenvalue weighted by molar-refractivity contribution is -0.385. The molecule has 0 amide bonds. The molecular weight excluding hydrogens is 272 g/mol. The maximum absolute atomic E-state index is 11.0. The minimum atomic E-state index is -0.739. The molecule has 0 bridgehead atoms. The average Bonchev–Trinajstić information content (AvgIpc) is 2.47. The van der Waals surface area contributed by atoms with Crippen LogP contribution in [0.15, 0.2) is 24.3 Å². The first kappa shape index (κ1) is 15.4. The number of rotatable bonds is 6. The van der Waals surface area contributed by atoms with E-state index in [-0.39, 0.29) is 17.0 Å². The fraction of sp³-hybridized carbons (Fsp3) is 0.533. The molecule has 0 saturated carbocycles. The van der Waals surface area contributed by atoms with Gasteiger partial charge in [-0.15, -0.1) is 0 Å². The van der Waals surface area contributed by atoms with Crippen LogP contribution in [0.5, 0.6) is 0 Å². The van der Waals surface area contributed by atoms with Crippen LogP contribution in [0.3, 0.4) is 0 Å². The normalized spacial score (nSPS) is 16.8. The van der Waals surface area contributed by atoms with Crippen LogP contribution in [0.2, 0.25) is 0 Å². The van der Waals surface area contributed by atoms with Gasteiger partial charge in [0.25, 0.3) is 5.69 Å². The highest BCUT2D eigenvalue weighted by atomic mass is 16.6. The molecule has 0 aromatic heterocycles. The Morgan fingerprint density at radius 2 is 2.00 bits per heavy atom. The van der Waals surface area contributed by atoms with Crippen molar-refractivity contribution in [1.82, 2.24) is 4.90 Å². The molecule has 0 unspecified atom stereocenters. The van der Waals surface area contributed by atoms with Crippen LogP contribution in [0.4, 0.5) is 5.69 Å². The molecule has 114 valence electrons. The zero-order valence-electron chi connectivity index (χ0n) is 11.9. The minimum absolute atomic E-state index is 0.172. The standard InChI is InChI=1S/C15H20N2O4/c18-15(19)6-5-12-7-9-16(10-8-12)11-13-3-1-2-4-14(13)17(20)21/h1-4,12H,5-11H2,(H,18,19). The molecular formula is C15H20N2O4. The van der Waals surface area contributed by atoms with Crippen molar-refractivity contribution in [2.75, 3.05) is 13.1 Å². The molecule has 2 rings (SSSR count). The van der Waals surface area contributed by atoms with Gasteiger partial charge in [0.2, 0.25) is 0 Å². The molecule has 6 nitrogen and oxygen atoms in total. The van der Waals surface area contributed by atoms with Crippen LogP contribution < -0.4 is 0 Å². The maximum atomic E-state index is 11.0. The Kier molecular flexibility index (Phi) is 5.27. The number of carboxylic acids is 1. The Balaban J connectivity index is 1.86. The SMILES string of the molecule is O=C(O)CCC1CCN(Cc2ccccc2[N+](=O)[O-])CC1. The highest BCUT2D eigenvalue weighted by molar-refractivity contribution is 5.66. The van der Waals surface area contributed by atoms with E-state index in [1.165, 1.54) is 6.07 Å². The third-order valence-electron chi connectivity index (χ3n) is 4.06. The van der Waals surface area contributed by atoms with Gasteiger partial charge in [-0.2, -0.15) is 0 Å². The van der Waals surface area contributed by atoms with E-state index in [4.69, 9.17) is 5.11 Å². The summed E-state index contributed by atoms with van der Waals surface area (Å²) in [4.78, 5) is 23.4. The van der Waals surface area contributed by atoms with Gasteiger partial charge in [0, 0.05) is 24.6 Å². The summed E-state index contributed by atoms with van der Waals surface area (Å²) in [5, 5.41) is 19.7. The Morgan fingerprint density at radius 1 is 1.33 bits per heavy atom. The van der Waals surface area contributed by atoms with Crippen molar-refractivity contribution in [3.8, 4) is 0 Å². The third-order valence-corrected chi connectivity index (χ3v) is 4.06. The molecule has 0 radical (unpaired) electrons. The van der Waals surface area contributed by atoms with Crippen molar-refractivity contribution in [2.24, 2.45) is 5.92 Å². The number of aliphatic carboxylic acids is 1. The van der Waals surface area contributed by atoms with E-state index >= 15 is 0 Å². The van der Waals surface area contributed by atoms with E-state index in [2.05, 4.69) is 4.90 Å². The van der Waals surface area contributed by atoms with Crippen molar-refractivity contribution in [3.05, 3.63) is 39.9 Å². The smallest absolute Gasteiger partial charge is 0.303 e. The van der Waals surface area contributed by atoms with Gasteiger partial charge in [-0.3, -0.25) is 19.8 Å². The van der Waals surface area contributed by atoms with E-state index in [9.17, 15) is 14.9 Å². The number of carboxylic acid groups (broad SMARTS) is 1. The highest BCUT2D eigenvalue weighted by Crippen LogP contribution is 2.25. The van der Waals surface area contributed by atoms with Crippen LogP contribution in [0.25, 0.3) is 0 Å². The monoisotopic (exact) mass is 292 g/mol.